The molecule has 4 nitrogen and oxygen atoms in total. The van der Waals surface area contributed by atoms with Crippen molar-refractivity contribution in [2.45, 2.75) is 95.4 Å². The van der Waals surface area contributed by atoms with Gasteiger partial charge in [0, 0.05) is 12.3 Å². The van der Waals surface area contributed by atoms with Crippen LogP contribution in [0.2, 0.25) is 0 Å². The Morgan fingerprint density at radius 3 is 2.36 bits per heavy atom. The molecule has 2 N–H and O–H groups in total. The van der Waals surface area contributed by atoms with Crippen molar-refractivity contribution in [3.05, 3.63) is 35.9 Å². The first-order valence-corrected chi connectivity index (χ1v) is 11.2. The van der Waals surface area contributed by atoms with Gasteiger partial charge in [-0.3, -0.25) is 4.79 Å². The van der Waals surface area contributed by atoms with Crippen molar-refractivity contribution in [3.63, 3.8) is 0 Å². The Labute approximate surface area is 169 Å². The third-order valence-corrected chi connectivity index (χ3v) is 6.97. The van der Waals surface area contributed by atoms with E-state index >= 15 is 0 Å². The van der Waals surface area contributed by atoms with Crippen molar-refractivity contribution in [2.24, 2.45) is 11.8 Å². The van der Waals surface area contributed by atoms with Crippen LogP contribution in [0.4, 0.5) is 0 Å². The van der Waals surface area contributed by atoms with Gasteiger partial charge in [0.1, 0.15) is 0 Å². The Balaban J connectivity index is 1.43. The molecule has 6 atom stereocenters. The Hall–Kier alpha value is -1.39. The molecular weight excluding hydrogens is 352 g/mol. The van der Waals surface area contributed by atoms with Crippen LogP contribution in [0, 0.1) is 11.8 Å². The molecule has 0 saturated carbocycles. The van der Waals surface area contributed by atoms with Crippen molar-refractivity contribution >= 4 is 5.97 Å². The largest absolute Gasteiger partial charge is 0.481 e. The minimum Gasteiger partial charge on any atom is -0.481 e. The fourth-order valence-electron chi connectivity index (χ4n) is 5.27. The summed E-state index contributed by atoms with van der Waals surface area (Å²) in [7, 11) is 0. The monoisotopic (exact) mass is 388 g/mol. The van der Waals surface area contributed by atoms with Crippen LogP contribution in [0.5, 0.6) is 0 Å². The summed E-state index contributed by atoms with van der Waals surface area (Å²) in [4.78, 5) is 10.6. The van der Waals surface area contributed by atoms with Crippen molar-refractivity contribution in [3.8, 4) is 0 Å². The first-order chi connectivity index (χ1) is 13.6. The number of aliphatic hydroxyl groups excluding tert-OH is 1. The number of unbranched alkanes of at least 4 members (excludes halogenated alkanes) is 3. The Bertz CT molecular complexity index is 602. The lowest BCUT2D eigenvalue weighted by Crippen LogP contribution is -2.29. The van der Waals surface area contributed by atoms with E-state index in [9.17, 15) is 9.90 Å². The molecule has 2 aliphatic rings. The van der Waals surface area contributed by atoms with Gasteiger partial charge in [-0.25, -0.2) is 0 Å². The minimum absolute atomic E-state index is 0.161. The molecule has 0 aromatic heterocycles. The lowest BCUT2D eigenvalue weighted by Gasteiger charge is -2.29. The van der Waals surface area contributed by atoms with Crippen molar-refractivity contribution in [2.75, 3.05) is 0 Å². The molecule has 0 amide bonds. The summed E-state index contributed by atoms with van der Waals surface area (Å²) in [5.74, 6) is 0.672. The third kappa shape index (κ3) is 5.57. The van der Waals surface area contributed by atoms with E-state index in [4.69, 9.17) is 9.84 Å². The van der Waals surface area contributed by atoms with Gasteiger partial charge in [-0.05, 0) is 55.9 Å². The Morgan fingerprint density at radius 2 is 1.68 bits per heavy atom. The lowest BCUT2D eigenvalue weighted by molar-refractivity contribution is -0.137. The molecule has 2 bridgehead atoms. The number of aliphatic carboxylic acids is 1. The number of carbonyl (C=O) groups is 1. The molecule has 3 rings (SSSR count). The van der Waals surface area contributed by atoms with Gasteiger partial charge in [0.2, 0.25) is 0 Å². The van der Waals surface area contributed by atoms with E-state index in [2.05, 4.69) is 19.1 Å². The first-order valence-electron chi connectivity index (χ1n) is 11.2. The number of ether oxygens (including phenoxy) is 1. The second-order valence-corrected chi connectivity index (χ2v) is 8.81. The summed E-state index contributed by atoms with van der Waals surface area (Å²) in [5, 5.41) is 19.4. The highest BCUT2D eigenvalue weighted by Gasteiger charge is 2.47. The van der Waals surface area contributed by atoms with Gasteiger partial charge in [-0.15, -0.1) is 0 Å². The summed E-state index contributed by atoms with van der Waals surface area (Å²) < 4.78 is 6.23. The fourth-order valence-corrected chi connectivity index (χ4v) is 5.27. The number of hydrogen-bond donors (Lipinski definition) is 2. The van der Waals surface area contributed by atoms with Gasteiger partial charge in [-0.1, -0.05) is 56.5 Å². The smallest absolute Gasteiger partial charge is 0.303 e. The van der Waals surface area contributed by atoms with Gasteiger partial charge in [0.25, 0.3) is 0 Å². The van der Waals surface area contributed by atoms with Gasteiger partial charge in [-0.2, -0.15) is 0 Å². The highest BCUT2D eigenvalue weighted by Crippen LogP contribution is 2.48. The molecule has 156 valence electrons. The molecular formula is C24H36O4. The maximum absolute atomic E-state index is 10.7. The van der Waals surface area contributed by atoms with Gasteiger partial charge >= 0.3 is 5.97 Å². The molecule has 2 fully saturated rings. The third-order valence-electron chi connectivity index (χ3n) is 6.97. The highest BCUT2D eigenvalue weighted by molar-refractivity contribution is 5.66. The summed E-state index contributed by atoms with van der Waals surface area (Å²) in [6.45, 7) is 2.12. The Morgan fingerprint density at radius 1 is 1.04 bits per heavy atom. The molecule has 0 radical (unpaired) electrons. The quantitative estimate of drug-likeness (QED) is 0.486. The first kappa shape index (κ1) is 21.3. The predicted octanol–water partition coefficient (Wildman–Crippen LogP) is 5.15. The zero-order valence-corrected chi connectivity index (χ0v) is 17.1. The van der Waals surface area contributed by atoms with Gasteiger partial charge in [0.05, 0.1) is 18.3 Å². The number of carboxylic acids is 1. The molecule has 2 saturated heterocycles. The van der Waals surface area contributed by atoms with Crippen LogP contribution in [0.25, 0.3) is 0 Å². The van der Waals surface area contributed by atoms with Crippen LogP contribution in [0.15, 0.2) is 30.3 Å². The topological polar surface area (TPSA) is 66.8 Å². The molecule has 2 unspecified atom stereocenters. The van der Waals surface area contributed by atoms with Gasteiger partial charge in [0.15, 0.2) is 0 Å². The SMILES string of the molecule is CC(c1ccccc1)C(O)CC[C@H]1[C@@H](CCCCCCC(=O)O)[C@H]2CC[C@@H]1O2. The van der Waals surface area contributed by atoms with E-state index in [1.165, 1.54) is 24.8 Å². The van der Waals surface area contributed by atoms with Crippen LogP contribution in [-0.2, 0) is 9.53 Å². The number of carboxylic acid groups (broad SMARTS) is 1. The summed E-state index contributed by atoms with van der Waals surface area (Å²) in [6, 6.07) is 10.3. The normalized spacial score (nSPS) is 28.4. The Kier molecular flexibility index (Phi) is 7.92. The minimum atomic E-state index is -0.690. The number of fused-ring (bicyclic) bond motifs is 2. The van der Waals surface area contributed by atoms with Crippen LogP contribution in [-0.4, -0.2) is 34.5 Å². The molecule has 0 aliphatic carbocycles. The average molecular weight is 389 g/mol. The highest BCUT2D eigenvalue weighted by atomic mass is 16.5. The summed E-state index contributed by atoms with van der Waals surface area (Å²) in [6.07, 6.45) is 10.3. The van der Waals surface area contributed by atoms with Crippen molar-refractivity contribution < 1.29 is 19.7 Å². The molecule has 2 aliphatic heterocycles. The number of benzene rings is 1. The van der Waals surface area contributed by atoms with Crippen LogP contribution < -0.4 is 0 Å². The number of hydrogen-bond acceptors (Lipinski definition) is 3. The molecule has 2 heterocycles. The van der Waals surface area contributed by atoms with E-state index in [-0.39, 0.29) is 18.4 Å². The second kappa shape index (κ2) is 10.4. The van der Waals surface area contributed by atoms with E-state index in [0.717, 1.165) is 38.5 Å². The van der Waals surface area contributed by atoms with E-state index in [1.807, 2.05) is 18.2 Å². The molecule has 4 heteroatoms. The predicted molar refractivity (Wildman–Crippen MR) is 110 cm³/mol. The molecule has 1 aromatic carbocycles. The summed E-state index contributed by atoms with van der Waals surface area (Å²) in [5.41, 5.74) is 1.21. The van der Waals surface area contributed by atoms with E-state index in [0.29, 0.717) is 24.0 Å². The van der Waals surface area contributed by atoms with E-state index in [1.54, 1.807) is 0 Å². The van der Waals surface area contributed by atoms with Gasteiger partial charge < -0.3 is 14.9 Å². The second-order valence-electron chi connectivity index (χ2n) is 8.81. The molecule has 28 heavy (non-hydrogen) atoms. The van der Waals surface area contributed by atoms with Crippen LogP contribution in [0.3, 0.4) is 0 Å². The lowest BCUT2D eigenvalue weighted by atomic mass is 9.74. The maximum Gasteiger partial charge on any atom is 0.303 e. The number of rotatable bonds is 12. The van der Waals surface area contributed by atoms with Crippen LogP contribution in [0.1, 0.15) is 82.6 Å². The van der Waals surface area contributed by atoms with E-state index < -0.39 is 5.97 Å². The molecule has 0 spiro atoms. The standard InChI is InChI=1S/C24H36O4/c1-17(18-9-5-4-6-10-18)21(25)14-13-20-19(22-15-16-23(20)28-22)11-7-2-3-8-12-24(26)27/h4-6,9-10,17,19-23,25H,2-3,7-8,11-16H2,1H3,(H,26,27)/t17?,19-,20+,21?,22-,23+/m1/s1. The zero-order valence-electron chi connectivity index (χ0n) is 17.1. The fraction of sp³-hybridized carbons (Fsp3) is 0.708. The maximum atomic E-state index is 10.7. The number of aliphatic hydroxyl groups is 1. The molecule has 1 aromatic rings. The van der Waals surface area contributed by atoms with Crippen molar-refractivity contribution in [1.29, 1.82) is 0 Å². The zero-order chi connectivity index (χ0) is 19.9. The van der Waals surface area contributed by atoms with Crippen molar-refractivity contribution in [1.82, 2.24) is 0 Å². The average Bonchev–Trinajstić information content (AvgIpc) is 3.30. The van der Waals surface area contributed by atoms with Crippen LogP contribution >= 0.6 is 0 Å². The summed E-state index contributed by atoms with van der Waals surface area (Å²) >= 11 is 0.